The molecular formula is C44H37F15N2O9. The highest BCUT2D eigenvalue weighted by Crippen LogP contribution is 2.54. The van der Waals surface area contributed by atoms with Crippen molar-refractivity contribution < 1.29 is 109 Å². The number of Topliss-reactive ketones (excluding diaryl/α,β-unsaturated/α-hetero) is 1. The summed E-state index contributed by atoms with van der Waals surface area (Å²) < 4.78 is 217. The lowest BCUT2D eigenvalue weighted by Crippen LogP contribution is -2.61. The third kappa shape index (κ3) is 12.4. The number of hydrogen-bond donors (Lipinski definition) is 4. The zero-order valence-electron chi connectivity index (χ0n) is 36.0. The summed E-state index contributed by atoms with van der Waals surface area (Å²) in [6, 6.07) is 17.9. The number of ether oxygens (including phenoxy) is 3. The number of rotatable bonds is 21. The fraction of sp³-hybridized carbons (Fsp3) is 0.364. The minimum absolute atomic E-state index is 0.0226. The molecule has 0 spiro atoms. The number of aliphatic hydroxyl groups excluding tert-OH is 2. The Morgan fingerprint density at radius 2 is 0.943 bits per heavy atom. The molecule has 0 saturated heterocycles. The number of carbonyl (C=O) groups excluding carboxylic acids is 4. The van der Waals surface area contributed by atoms with E-state index in [2.05, 4.69) is 20.1 Å². The third-order valence-electron chi connectivity index (χ3n) is 9.95. The molecule has 0 bridgehead atoms. The largest absolute Gasteiger partial charge is 0.460 e. The predicted molar refractivity (Wildman–Crippen MR) is 216 cm³/mol. The maximum Gasteiger partial charge on any atom is 0.460 e. The minimum atomic E-state index is -7.28. The molecule has 0 aliphatic carbocycles. The van der Waals surface area contributed by atoms with Gasteiger partial charge in [0.05, 0.1) is 28.9 Å². The molecule has 4 aromatic rings. The average molecular weight is 1020 g/mol. The van der Waals surface area contributed by atoms with Gasteiger partial charge in [-0.05, 0) is 90.8 Å². The van der Waals surface area contributed by atoms with Gasteiger partial charge in [-0.3, -0.25) is 9.59 Å². The molecule has 2 unspecified atom stereocenters. The van der Waals surface area contributed by atoms with Gasteiger partial charge >= 0.3 is 53.7 Å². The standard InChI is InChI=1S/C44H37F15N2O9/c1-22(62)33-16-23(4-14-31(33)36(66)68-20-27(63)18-39(47,48)41(51,52)38(2,45)46)24-5-15-32(37(67)69-21-28(64)19-40(49,50)42(53,54)43(55,56)44(57,58)59)34(17-24)35(65)61-26-8-12-30(13-9-26)70-29-10-6-25(60-3)7-11-29/h4-17,27-28,60,63-64H,18-21H2,1-3H3,(H,61,65). The molecule has 4 aromatic carbocycles. The molecule has 0 saturated carbocycles. The molecule has 0 aliphatic rings. The van der Waals surface area contributed by atoms with Crippen LogP contribution in [0.2, 0.25) is 0 Å². The van der Waals surface area contributed by atoms with Gasteiger partial charge in [-0.2, -0.15) is 65.9 Å². The van der Waals surface area contributed by atoms with Crippen LogP contribution in [0.4, 0.5) is 77.2 Å². The van der Waals surface area contributed by atoms with E-state index in [-0.39, 0.29) is 22.6 Å². The van der Waals surface area contributed by atoms with Crippen molar-refractivity contribution in [3.63, 3.8) is 0 Å². The van der Waals surface area contributed by atoms with Crippen molar-refractivity contribution in [1.29, 1.82) is 0 Å². The Labute approximate surface area is 385 Å². The number of nitrogens with one attached hydrogen (secondary N) is 2. The van der Waals surface area contributed by atoms with Crippen LogP contribution in [0.5, 0.6) is 11.5 Å². The molecule has 0 heterocycles. The molecule has 0 aliphatic heterocycles. The number of esters is 2. The quantitative estimate of drug-likeness (QED) is 0.0359. The molecule has 2 atom stereocenters. The van der Waals surface area contributed by atoms with E-state index in [1.165, 1.54) is 24.3 Å². The number of halogens is 15. The van der Waals surface area contributed by atoms with Crippen LogP contribution in [-0.4, -0.2) is 108 Å². The molecule has 382 valence electrons. The van der Waals surface area contributed by atoms with Crippen LogP contribution < -0.4 is 15.4 Å². The van der Waals surface area contributed by atoms with Crippen molar-refractivity contribution >= 4 is 35.0 Å². The minimum Gasteiger partial charge on any atom is -0.459 e. The van der Waals surface area contributed by atoms with Gasteiger partial charge in [0.25, 0.3) is 5.91 Å². The first-order valence-electron chi connectivity index (χ1n) is 19.8. The number of benzene rings is 4. The summed E-state index contributed by atoms with van der Waals surface area (Å²) in [6.45, 7) is -2.74. The van der Waals surface area contributed by atoms with E-state index < -0.39 is 133 Å². The Balaban J connectivity index is 1.63. The summed E-state index contributed by atoms with van der Waals surface area (Å²) in [5.74, 6) is -41.8. The Kier molecular flexibility index (Phi) is 16.6. The number of anilines is 2. The first-order valence-corrected chi connectivity index (χ1v) is 19.8. The van der Waals surface area contributed by atoms with E-state index >= 15 is 0 Å². The van der Waals surface area contributed by atoms with Gasteiger partial charge < -0.3 is 35.1 Å². The van der Waals surface area contributed by atoms with Crippen LogP contribution >= 0.6 is 0 Å². The van der Waals surface area contributed by atoms with E-state index in [1.807, 2.05) is 0 Å². The molecule has 0 fully saturated rings. The second-order valence-corrected chi connectivity index (χ2v) is 15.4. The Hall–Kier alpha value is -6.57. The first kappa shape index (κ1) is 56.0. The normalized spacial score (nSPS) is 13.8. The van der Waals surface area contributed by atoms with E-state index in [9.17, 15) is 95.2 Å². The van der Waals surface area contributed by atoms with Gasteiger partial charge in [0.15, 0.2) is 5.78 Å². The third-order valence-corrected chi connectivity index (χ3v) is 9.95. The van der Waals surface area contributed by atoms with Crippen molar-refractivity contribution in [2.75, 3.05) is 30.9 Å². The highest BCUT2D eigenvalue weighted by Gasteiger charge is 2.81. The second-order valence-electron chi connectivity index (χ2n) is 15.4. The van der Waals surface area contributed by atoms with Gasteiger partial charge in [-0.25, -0.2) is 9.59 Å². The Bertz CT molecular complexity index is 2530. The Morgan fingerprint density at radius 1 is 0.543 bits per heavy atom. The number of amides is 1. The molecule has 4 N–H and O–H groups in total. The van der Waals surface area contributed by atoms with Crippen molar-refractivity contribution in [2.45, 2.75) is 80.6 Å². The zero-order chi connectivity index (χ0) is 53.0. The average Bonchev–Trinajstić information content (AvgIpc) is 3.26. The van der Waals surface area contributed by atoms with Gasteiger partial charge in [0, 0.05) is 43.8 Å². The fourth-order valence-electron chi connectivity index (χ4n) is 6.11. The molecule has 70 heavy (non-hydrogen) atoms. The smallest absolute Gasteiger partial charge is 0.459 e. The zero-order valence-corrected chi connectivity index (χ0v) is 36.0. The van der Waals surface area contributed by atoms with E-state index in [1.54, 1.807) is 31.3 Å². The first-order chi connectivity index (χ1) is 32.1. The summed E-state index contributed by atoms with van der Waals surface area (Å²) in [7, 11) is 1.69. The number of aliphatic hydroxyl groups is 2. The summed E-state index contributed by atoms with van der Waals surface area (Å²) in [5.41, 5.74) is -1.93. The van der Waals surface area contributed by atoms with Crippen LogP contribution in [0.25, 0.3) is 11.1 Å². The number of ketones is 1. The Morgan fingerprint density at radius 3 is 1.34 bits per heavy atom. The van der Waals surface area contributed by atoms with Crippen LogP contribution in [0.1, 0.15) is 68.1 Å². The summed E-state index contributed by atoms with van der Waals surface area (Å²) >= 11 is 0. The highest BCUT2D eigenvalue weighted by atomic mass is 19.4. The molecular weight excluding hydrogens is 985 g/mol. The topological polar surface area (TPSA) is 160 Å². The van der Waals surface area contributed by atoms with Gasteiger partial charge in [0.2, 0.25) is 0 Å². The fourth-order valence-corrected chi connectivity index (χ4v) is 6.11. The number of alkyl halides is 15. The highest BCUT2D eigenvalue weighted by molar-refractivity contribution is 6.12. The molecule has 11 nitrogen and oxygen atoms in total. The SMILES string of the molecule is CNc1ccc(Oc2ccc(NC(=O)c3cc(-c4ccc(C(=O)OCC(O)CC(F)(F)C(F)(F)C(C)(F)F)c(C(C)=O)c4)ccc3C(=O)OCC(O)CC(F)(F)C(F)(F)C(F)(F)C(F)(F)F)cc2)cc1. The van der Waals surface area contributed by atoms with Crippen LogP contribution in [0.3, 0.4) is 0 Å². The van der Waals surface area contributed by atoms with Crippen LogP contribution in [0, 0.1) is 0 Å². The lowest BCUT2D eigenvalue weighted by molar-refractivity contribution is -0.398. The van der Waals surface area contributed by atoms with Crippen molar-refractivity contribution in [3.8, 4) is 22.6 Å². The lowest BCUT2D eigenvalue weighted by Gasteiger charge is -2.34. The molecule has 0 aromatic heterocycles. The monoisotopic (exact) mass is 1020 g/mol. The van der Waals surface area contributed by atoms with Crippen molar-refractivity contribution in [3.05, 3.63) is 107 Å². The molecule has 1 amide bonds. The van der Waals surface area contributed by atoms with E-state index in [0.717, 1.165) is 49.0 Å². The summed E-state index contributed by atoms with van der Waals surface area (Å²) in [4.78, 5) is 52.6. The van der Waals surface area contributed by atoms with Crippen LogP contribution in [-0.2, 0) is 9.47 Å². The maximum absolute atomic E-state index is 14.2. The van der Waals surface area contributed by atoms with E-state index in [4.69, 9.17) is 4.74 Å². The number of carbonyl (C=O) groups is 4. The van der Waals surface area contributed by atoms with Crippen LogP contribution in [0.15, 0.2) is 84.9 Å². The summed E-state index contributed by atoms with van der Waals surface area (Å²) in [5, 5.41) is 25.1. The lowest BCUT2D eigenvalue weighted by atomic mass is 9.94. The second kappa shape index (κ2) is 20.8. The van der Waals surface area contributed by atoms with Gasteiger partial charge in [-0.1, -0.05) is 12.1 Å². The predicted octanol–water partition coefficient (Wildman–Crippen LogP) is 10.9. The molecule has 26 heteroatoms. The van der Waals surface area contributed by atoms with E-state index in [0.29, 0.717) is 5.75 Å². The van der Waals surface area contributed by atoms with Gasteiger partial charge in [-0.15, -0.1) is 0 Å². The van der Waals surface area contributed by atoms with Crippen molar-refractivity contribution in [1.82, 2.24) is 0 Å². The molecule has 0 radical (unpaired) electrons. The van der Waals surface area contributed by atoms with Gasteiger partial charge in [0.1, 0.15) is 24.7 Å². The molecule has 4 rings (SSSR count). The maximum atomic E-state index is 14.2. The number of hydrogen-bond acceptors (Lipinski definition) is 10. The van der Waals surface area contributed by atoms with Crippen molar-refractivity contribution in [2.24, 2.45) is 0 Å². The summed E-state index contributed by atoms with van der Waals surface area (Å²) in [6.07, 6.45) is -17.9.